The third-order valence-electron chi connectivity index (χ3n) is 2.60. The number of para-hydroxylation sites is 1. The van der Waals surface area contributed by atoms with Crippen molar-refractivity contribution in [1.82, 2.24) is 0 Å². The van der Waals surface area contributed by atoms with Gasteiger partial charge in [-0.15, -0.1) is 0 Å². The van der Waals surface area contributed by atoms with Crippen LogP contribution in [0.3, 0.4) is 0 Å². The Morgan fingerprint density at radius 1 is 1.16 bits per heavy atom. The second-order valence-electron chi connectivity index (χ2n) is 4.01. The number of nitrogens with one attached hydrogen (secondary N) is 1. The van der Waals surface area contributed by atoms with Crippen molar-refractivity contribution in [3.8, 4) is 6.07 Å². The Bertz CT molecular complexity index is 629. The zero-order chi connectivity index (χ0) is 13.7. The molecule has 0 aromatic heterocycles. The van der Waals surface area contributed by atoms with Crippen LogP contribution in [0.5, 0.6) is 0 Å². The number of nitrogens with zero attached hydrogens (tertiary/aromatic N) is 1. The fraction of sp³-hybridized carbons (Fsp3) is 0.0667. The molecule has 0 atom stereocenters. The normalized spacial score (nSPS) is 9.68. The van der Waals surface area contributed by atoms with Crippen LogP contribution in [0.25, 0.3) is 0 Å². The summed E-state index contributed by atoms with van der Waals surface area (Å²) in [4.78, 5) is 11.9. The summed E-state index contributed by atoms with van der Waals surface area (Å²) in [7, 11) is 0. The largest absolute Gasteiger partial charge is 0.325 e. The smallest absolute Gasteiger partial charge is 0.228 e. The molecule has 3 nitrogen and oxygen atoms in total. The van der Waals surface area contributed by atoms with Crippen LogP contribution < -0.4 is 5.32 Å². The first kappa shape index (κ1) is 13.1. The average Bonchev–Trinajstić information content (AvgIpc) is 2.42. The molecule has 19 heavy (non-hydrogen) atoms. The summed E-state index contributed by atoms with van der Waals surface area (Å²) in [6, 6.07) is 16.0. The van der Waals surface area contributed by atoms with Crippen molar-refractivity contribution in [1.29, 1.82) is 5.26 Å². The molecule has 0 bridgehead atoms. The molecule has 1 amide bonds. The van der Waals surface area contributed by atoms with Crippen LogP contribution in [0.15, 0.2) is 48.5 Å². The minimum atomic E-state index is -0.162. The van der Waals surface area contributed by atoms with E-state index in [1.165, 1.54) is 0 Å². The van der Waals surface area contributed by atoms with E-state index in [1.54, 1.807) is 48.5 Å². The number of hydrogen-bond donors (Lipinski definition) is 1. The topological polar surface area (TPSA) is 52.9 Å². The van der Waals surface area contributed by atoms with Crippen LogP contribution in [0, 0.1) is 11.3 Å². The SMILES string of the molecule is N#Cc1ccccc1NC(=O)Cc1ccc(Cl)cc1. The maximum absolute atomic E-state index is 11.9. The van der Waals surface area contributed by atoms with E-state index in [9.17, 15) is 4.79 Å². The first-order valence-corrected chi connectivity index (χ1v) is 6.10. The standard InChI is InChI=1S/C15H11ClN2O/c16-13-7-5-11(6-8-13)9-15(19)18-14-4-2-1-3-12(14)10-17/h1-8H,9H2,(H,18,19). The fourth-order valence-corrected chi connectivity index (χ4v) is 1.80. The molecule has 0 aliphatic heterocycles. The van der Waals surface area contributed by atoms with Crippen molar-refractivity contribution in [2.24, 2.45) is 0 Å². The summed E-state index contributed by atoms with van der Waals surface area (Å²) in [5.74, 6) is -0.162. The van der Waals surface area contributed by atoms with E-state index < -0.39 is 0 Å². The van der Waals surface area contributed by atoms with E-state index in [1.807, 2.05) is 6.07 Å². The van der Waals surface area contributed by atoms with Crippen molar-refractivity contribution >= 4 is 23.2 Å². The van der Waals surface area contributed by atoms with Crippen molar-refractivity contribution in [2.45, 2.75) is 6.42 Å². The molecule has 0 radical (unpaired) electrons. The zero-order valence-electron chi connectivity index (χ0n) is 10.1. The molecule has 0 spiro atoms. The predicted molar refractivity (Wildman–Crippen MR) is 74.9 cm³/mol. The number of benzene rings is 2. The molecule has 4 heteroatoms. The van der Waals surface area contributed by atoms with Crippen LogP contribution in [0.1, 0.15) is 11.1 Å². The Morgan fingerprint density at radius 2 is 1.84 bits per heavy atom. The molecule has 94 valence electrons. The van der Waals surface area contributed by atoms with Crippen molar-refractivity contribution < 1.29 is 4.79 Å². The van der Waals surface area contributed by atoms with Crippen LogP contribution in [0.2, 0.25) is 5.02 Å². The molecule has 0 saturated carbocycles. The monoisotopic (exact) mass is 270 g/mol. The number of carbonyl (C=O) groups is 1. The summed E-state index contributed by atoms with van der Waals surface area (Å²) < 4.78 is 0. The molecule has 0 unspecified atom stereocenters. The Morgan fingerprint density at radius 3 is 2.53 bits per heavy atom. The lowest BCUT2D eigenvalue weighted by atomic mass is 10.1. The first-order valence-electron chi connectivity index (χ1n) is 5.72. The maximum atomic E-state index is 11.9. The minimum Gasteiger partial charge on any atom is -0.325 e. The van der Waals surface area contributed by atoms with Gasteiger partial charge in [0.15, 0.2) is 0 Å². The van der Waals surface area contributed by atoms with Gasteiger partial charge < -0.3 is 5.32 Å². The second kappa shape index (κ2) is 6.03. The van der Waals surface area contributed by atoms with Gasteiger partial charge in [0.2, 0.25) is 5.91 Å². The van der Waals surface area contributed by atoms with Crippen molar-refractivity contribution in [3.05, 3.63) is 64.7 Å². The lowest BCUT2D eigenvalue weighted by Crippen LogP contribution is -2.15. The van der Waals surface area contributed by atoms with Gasteiger partial charge in [0, 0.05) is 5.02 Å². The first-order chi connectivity index (χ1) is 9.19. The number of nitriles is 1. The molecule has 0 aliphatic rings. The van der Waals surface area contributed by atoms with Crippen LogP contribution in [-0.4, -0.2) is 5.91 Å². The number of anilines is 1. The number of carbonyl (C=O) groups excluding carboxylic acids is 1. The van der Waals surface area contributed by atoms with Gasteiger partial charge in [-0.2, -0.15) is 5.26 Å². The van der Waals surface area contributed by atoms with E-state index in [2.05, 4.69) is 5.32 Å². The van der Waals surface area contributed by atoms with Gasteiger partial charge in [0.05, 0.1) is 17.7 Å². The highest BCUT2D eigenvalue weighted by Crippen LogP contribution is 2.15. The molecule has 1 N–H and O–H groups in total. The van der Waals surface area contributed by atoms with Crippen LogP contribution >= 0.6 is 11.6 Å². The Kier molecular flexibility index (Phi) is 4.17. The van der Waals surface area contributed by atoms with E-state index in [0.29, 0.717) is 16.3 Å². The Hall–Kier alpha value is -2.31. The summed E-state index contributed by atoms with van der Waals surface area (Å²) in [6.45, 7) is 0. The lowest BCUT2D eigenvalue weighted by Gasteiger charge is -2.06. The number of rotatable bonds is 3. The van der Waals surface area contributed by atoms with Gasteiger partial charge in [-0.1, -0.05) is 35.9 Å². The van der Waals surface area contributed by atoms with Crippen LogP contribution in [0.4, 0.5) is 5.69 Å². The summed E-state index contributed by atoms with van der Waals surface area (Å²) in [5.41, 5.74) is 1.85. The van der Waals surface area contributed by atoms with E-state index >= 15 is 0 Å². The minimum absolute atomic E-state index is 0.162. The molecular weight excluding hydrogens is 260 g/mol. The molecular formula is C15H11ClN2O. The molecule has 0 aliphatic carbocycles. The molecule has 2 aromatic carbocycles. The summed E-state index contributed by atoms with van der Waals surface area (Å²) >= 11 is 5.78. The Balaban J connectivity index is 2.06. The fourth-order valence-electron chi connectivity index (χ4n) is 1.67. The molecule has 0 fully saturated rings. The average molecular weight is 271 g/mol. The number of halogens is 1. The molecule has 0 heterocycles. The van der Waals surface area contributed by atoms with Gasteiger partial charge in [-0.25, -0.2) is 0 Å². The Labute approximate surface area is 116 Å². The lowest BCUT2D eigenvalue weighted by molar-refractivity contribution is -0.115. The van der Waals surface area contributed by atoms with E-state index in [4.69, 9.17) is 16.9 Å². The van der Waals surface area contributed by atoms with Gasteiger partial charge in [0.1, 0.15) is 6.07 Å². The third kappa shape index (κ3) is 3.57. The van der Waals surface area contributed by atoms with Gasteiger partial charge in [-0.3, -0.25) is 4.79 Å². The highest BCUT2D eigenvalue weighted by molar-refractivity contribution is 6.30. The highest BCUT2D eigenvalue weighted by atomic mass is 35.5. The van der Waals surface area contributed by atoms with Gasteiger partial charge in [0.25, 0.3) is 0 Å². The zero-order valence-corrected chi connectivity index (χ0v) is 10.8. The summed E-state index contributed by atoms with van der Waals surface area (Å²) in [6.07, 6.45) is 0.247. The van der Waals surface area contributed by atoms with E-state index in [0.717, 1.165) is 5.56 Å². The number of hydrogen-bond acceptors (Lipinski definition) is 2. The molecule has 0 saturated heterocycles. The predicted octanol–water partition coefficient (Wildman–Crippen LogP) is 3.39. The number of amides is 1. The van der Waals surface area contributed by atoms with E-state index in [-0.39, 0.29) is 12.3 Å². The quantitative estimate of drug-likeness (QED) is 0.929. The molecule has 2 rings (SSSR count). The van der Waals surface area contributed by atoms with Crippen LogP contribution in [-0.2, 0) is 11.2 Å². The van der Waals surface area contributed by atoms with Crippen molar-refractivity contribution in [3.63, 3.8) is 0 Å². The van der Waals surface area contributed by atoms with Gasteiger partial charge in [-0.05, 0) is 29.8 Å². The summed E-state index contributed by atoms with van der Waals surface area (Å²) in [5, 5.41) is 12.3. The third-order valence-corrected chi connectivity index (χ3v) is 2.85. The maximum Gasteiger partial charge on any atom is 0.228 e. The molecule has 2 aromatic rings. The second-order valence-corrected chi connectivity index (χ2v) is 4.45. The van der Waals surface area contributed by atoms with Gasteiger partial charge >= 0.3 is 0 Å². The van der Waals surface area contributed by atoms with Crippen molar-refractivity contribution in [2.75, 3.05) is 5.32 Å². The highest BCUT2D eigenvalue weighted by Gasteiger charge is 2.07.